The lowest BCUT2D eigenvalue weighted by Gasteiger charge is -2.10. The van der Waals surface area contributed by atoms with Crippen molar-refractivity contribution in [3.05, 3.63) is 75.5 Å². The number of nitrogens with zero attached hydrogens (tertiary/aromatic N) is 3. The summed E-state index contributed by atoms with van der Waals surface area (Å²) < 4.78 is 5.76. The van der Waals surface area contributed by atoms with Gasteiger partial charge in [0, 0.05) is 21.8 Å². The Kier molecular flexibility index (Phi) is 5.41. The summed E-state index contributed by atoms with van der Waals surface area (Å²) in [4.78, 5) is 17.6. The number of rotatable bonds is 4. The van der Waals surface area contributed by atoms with Crippen LogP contribution in [0.3, 0.4) is 0 Å². The van der Waals surface area contributed by atoms with Gasteiger partial charge >= 0.3 is 0 Å². The summed E-state index contributed by atoms with van der Waals surface area (Å²) in [6.07, 6.45) is 0. The van der Waals surface area contributed by atoms with Crippen LogP contribution in [0.25, 0.3) is 11.3 Å². The molecule has 0 aliphatic carbocycles. The van der Waals surface area contributed by atoms with Crippen LogP contribution >= 0.6 is 35.0 Å². The van der Waals surface area contributed by atoms with Crippen LogP contribution in [-0.2, 0) is 0 Å². The molecule has 1 amide bonds. The van der Waals surface area contributed by atoms with Crippen LogP contribution in [-0.4, -0.2) is 27.7 Å². The Balaban J connectivity index is 1.37. The van der Waals surface area contributed by atoms with E-state index in [1.807, 2.05) is 32.0 Å². The number of halogens is 2. The summed E-state index contributed by atoms with van der Waals surface area (Å²) in [5.74, 6) is 0.314. The molecular formula is C23H16Cl2N4O2S. The molecule has 6 nitrogen and oxygen atoms in total. The van der Waals surface area contributed by atoms with E-state index < -0.39 is 0 Å². The maximum Gasteiger partial charge on any atom is 0.291 e. The van der Waals surface area contributed by atoms with Crippen LogP contribution < -0.4 is 5.32 Å². The van der Waals surface area contributed by atoms with Crippen LogP contribution in [0.15, 0.2) is 68.1 Å². The van der Waals surface area contributed by atoms with Gasteiger partial charge in [0.2, 0.25) is 0 Å². The van der Waals surface area contributed by atoms with Gasteiger partial charge in [-0.05, 0) is 67.6 Å². The predicted molar refractivity (Wildman–Crippen MR) is 132 cm³/mol. The second kappa shape index (κ2) is 8.24. The van der Waals surface area contributed by atoms with E-state index in [0.717, 1.165) is 26.9 Å². The van der Waals surface area contributed by atoms with E-state index in [2.05, 4.69) is 15.5 Å². The highest BCUT2D eigenvalue weighted by atomic mass is 35.5. The van der Waals surface area contributed by atoms with Gasteiger partial charge in [0.15, 0.2) is 5.76 Å². The summed E-state index contributed by atoms with van der Waals surface area (Å²) in [7, 11) is 0. The molecule has 9 heteroatoms. The Hall–Kier alpha value is -2.87. The first kappa shape index (κ1) is 21.0. The number of carbonyl (C=O) groups excluding carboxylic acids is 1. The number of fused-ring (bicyclic) bond motifs is 1. The zero-order valence-electron chi connectivity index (χ0n) is 17.0. The average Bonchev–Trinajstić information content (AvgIpc) is 3.47. The number of thioether (sulfide) groups is 1. The molecule has 3 aromatic rings. The Morgan fingerprint density at radius 2 is 1.91 bits per heavy atom. The number of amides is 1. The molecule has 5 rings (SSSR count). The number of nitrogens with one attached hydrogen (secondary N) is 1. The first-order chi connectivity index (χ1) is 15.4. The highest BCUT2D eigenvalue weighted by molar-refractivity contribution is 8.27. The number of anilines is 1. The molecule has 0 saturated carbocycles. The Bertz CT molecular complexity index is 1360. The maximum atomic E-state index is 12.9. The normalized spacial score (nSPS) is 17.0. The number of hydrogen-bond donors (Lipinski definition) is 1. The van der Waals surface area contributed by atoms with Gasteiger partial charge in [0.1, 0.15) is 21.9 Å². The maximum absolute atomic E-state index is 12.9. The second-order valence-corrected chi connectivity index (χ2v) is 9.24. The number of carbonyl (C=O) groups is 1. The molecular weight excluding hydrogens is 467 g/mol. The van der Waals surface area contributed by atoms with Gasteiger partial charge in [-0.15, -0.1) is 5.10 Å². The molecule has 0 fully saturated rings. The van der Waals surface area contributed by atoms with Gasteiger partial charge in [-0.1, -0.05) is 35.3 Å². The van der Waals surface area contributed by atoms with Crippen molar-refractivity contribution < 1.29 is 9.21 Å². The van der Waals surface area contributed by atoms with Crippen molar-refractivity contribution in [2.45, 2.75) is 19.9 Å². The molecule has 2 aliphatic heterocycles. The topological polar surface area (TPSA) is 79.3 Å². The van der Waals surface area contributed by atoms with Crippen molar-refractivity contribution in [1.82, 2.24) is 0 Å². The fraction of sp³-hybridized carbons (Fsp3) is 0.130. The highest BCUT2D eigenvalue weighted by Gasteiger charge is 2.32. The van der Waals surface area contributed by atoms with Crippen molar-refractivity contribution in [3.8, 4) is 11.3 Å². The van der Waals surface area contributed by atoms with Crippen molar-refractivity contribution in [3.63, 3.8) is 0 Å². The molecule has 1 aromatic heterocycles. The minimum Gasteiger partial charge on any atom is -0.451 e. The minimum absolute atomic E-state index is 0.0874. The Labute approximate surface area is 198 Å². The van der Waals surface area contributed by atoms with Crippen LogP contribution in [0.1, 0.15) is 28.6 Å². The number of aliphatic imine (C=N–C) groups is 1. The van der Waals surface area contributed by atoms with Crippen molar-refractivity contribution >= 4 is 62.4 Å². The molecule has 2 aliphatic rings. The van der Waals surface area contributed by atoms with Crippen molar-refractivity contribution in [2.75, 3.05) is 5.32 Å². The second-order valence-electron chi connectivity index (χ2n) is 7.39. The number of aryl methyl sites for hydroxylation is 1. The SMILES string of the molecule is CC1=NN=C2SC(c3ccc(C)c(NC(=O)c4ccc(-c5ccc(Cl)cc5Cl)o4)c3)=NC12. The van der Waals surface area contributed by atoms with Gasteiger partial charge in [-0.2, -0.15) is 5.10 Å². The van der Waals surface area contributed by atoms with Crippen LogP contribution in [0.5, 0.6) is 0 Å². The molecule has 1 atom stereocenters. The molecule has 0 bridgehead atoms. The fourth-order valence-corrected chi connectivity index (χ4v) is 4.90. The lowest BCUT2D eigenvalue weighted by atomic mass is 10.1. The largest absolute Gasteiger partial charge is 0.451 e. The molecule has 0 saturated heterocycles. The molecule has 32 heavy (non-hydrogen) atoms. The smallest absolute Gasteiger partial charge is 0.291 e. The molecule has 0 spiro atoms. The van der Waals surface area contributed by atoms with Crippen molar-refractivity contribution in [1.29, 1.82) is 0 Å². The zero-order chi connectivity index (χ0) is 22.4. The quantitative estimate of drug-likeness (QED) is 0.462. The summed E-state index contributed by atoms with van der Waals surface area (Å²) in [5, 5.41) is 13.9. The lowest BCUT2D eigenvalue weighted by molar-refractivity contribution is 0.0997. The lowest BCUT2D eigenvalue weighted by Crippen LogP contribution is -2.15. The third-order valence-electron chi connectivity index (χ3n) is 5.14. The molecule has 160 valence electrons. The van der Waals surface area contributed by atoms with E-state index in [9.17, 15) is 4.79 Å². The number of furan rings is 1. The van der Waals surface area contributed by atoms with Gasteiger partial charge in [-0.3, -0.25) is 9.79 Å². The van der Waals surface area contributed by atoms with Gasteiger partial charge < -0.3 is 9.73 Å². The van der Waals surface area contributed by atoms with Gasteiger partial charge in [0.05, 0.1) is 10.7 Å². The first-order valence-electron chi connectivity index (χ1n) is 9.74. The van der Waals surface area contributed by atoms with E-state index in [4.69, 9.17) is 32.6 Å². The minimum atomic E-state index is -0.355. The molecule has 1 N–H and O–H groups in total. The van der Waals surface area contributed by atoms with Gasteiger partial charge in [-0.25, -0.2) is 0 Å². The van der Waals surface area contributed by atoms with E-state index in [-0.39, 0.29) is 17.7 Å². The third-order valence-corrected chi connectivity index (χ3v) is 6.74. The summed E-state index contributed by atoms with van der Waals surface area (Å²) in [6.45, 7) is 3.85. The third kappa shape index (κ3) is 3.88. The highest BCUT2D eigenvalue weighted by Crippen LogP contribution is 2.33. The van der Waals surface area contributed by atoms with E-state index in [1.54, 1.807) is 30.3 Å². The molecule has 3 heterocycles. The summed E-state index contributed by atoms with van der Waals surface area (Å²) in [6, 6.07) is 14.2. The molecule has 2 aromatic carbocycles. The van der Waals surface area contributed by atoms with Crippen LogP contribution in [0.2, 0.25) is 10.0 Å². The Morgan fingerprint density at radius 3 is 2.69 bits per heavy atom. The molecule has 0 radical (unpaired) electrons. The summed E-state index contributed by atoms with van der Waals surface area (Å²) in [5.41, 5.74) is 4.07. The zero-order valence-corrected chi connectivity index (χ0v) is 19.3. The van der Waals surface area contributed by atoms with Crippen LogP contribution in [0.4, 0.5) is 5.69 Å². The van der Waals surface area contributed by atoms with Crippen LogP contribution in [0, 0.1) is 6.92 Å². The molecule has 1 unspecified atom stereocenters. The van der Waals surface area contributed by atoms with E-state index in [0.29, 0.717) is 27.1 Å². The monoisotopic (exact) mass is 482 g/mol. The van der Waals surface area contributed by atoms with E-state index >= 15 is 0 Å². The number of benzene rings is 2. The first-order valence-corrected chi connectivity index (χ1v) is 11.3. The average molecular weight is 483 g/mol. The van der Waals surface area contributed by atoms with E-state index in [1.165, 1.54) is 11.8 Å². The standard InChI is InChI=1S/C23H16Cl2N4O2S/c1-11-3-4-13(22-27-20-12(2)28-29-23(20)32-22)9-17(11)26-21(30)19-8-7-18(31-19)15-6-5-14(24)10-16(15)25/h3-10,20H,1-2H3,(H,26,30). The number of hydrogen-bond acceptors (Lipinski definition) is 6. The summed E-state index contributed by atoms with van der Waals surface area (Å²) >= 11 is 13.7. The Morgan fingerprint density at radius 1 is 1.06 bits per heavy atom. The fourth-order valence-electron chi connectivity index (χ4n) is 3.38. The predicted octanol–water partition coefficient (Wildman–Crippen LogP) is 6.46. The van der Waals surface area contributed by atoms with Gasteiger partial charge in [0.25, 0.3) is 5.91 Å². The van der Waals surface area contributed by atoms with Crippen molar-refractivity contribution in [2.24, 2.45) is 15.2 Å².